The fraction of sp³-hybridized carbons (Fsp3) is 0.421. The van der Waals surface area contributed by atoms with Crippen LogP contribution >= 0.6 is 11.3 Å². The van der Waals surface area contributed by atoms with Gasteiger partial charge in [0.25, 0.3) is 0 Å². The third kappa shape index (κ3) is 6.23. The van der Waals surface area contributed by atoms with E-state index in [1.54, 1.807) is 11.3 Å². The van der Waals surface area contributed by atoms with Gasteiger partial charge in [-0.25, -0.2) is 8.42 Å². The molecule has 1 aromatic heterocycles. The minimum Gasteiger partial charge on any atom is -0.480 e. The number of aryl methyl sites for hydroxylation is 1. The number of aliphatic carboxylic acids is 1. The Hall–Kier alpha value is -1.70. The van der Waals surface area contributed by atoms with E-state index in [1.165, 1.54) is 16.0 Å². The van der Waals surface area contributed by atoms with Crippen LogP contribution in [0.4, 0.5) is 0 Å². The quantitative estimate of drug-likeness (QED) is 0.704. The van der Waals surface area contributed by atoms with E-state index in [1.807, 2.05) is 13.8 Å². The third-order valence-corrected chi connectivity index (χ3v) is 6.73. The maximum absolute atomic E-state index is 11.8. The molecular formula is C19H25NO4S2. The van der Waals surface area contributed by atoms with E-state index in [2.05, 4.69) is 48.2 Å². The van der Waals surface area contributed by atoms with Crippen molar-refractivity contribution in [2.45, 2.75) is 33.4 Å². The van der Waals surface area contributed by atoms with Gasteiger partial charge in [-0.1, -0.05) is 29.8 Å². The first kappa shape index (κ1) is 20.6. The first-order valence-corrected chi connectivity index (χ1v) is 11.1. The van der Waals surface area contributed by atoms with Crippen molar-refractivity contribution in [1.29, 1.82) is 0 Å². The summed E-state index contributed by atoms with van der Waals surface area (Å²) in [6.45, 7) is 7.06. The lowest BCUT2D eigenvalue weighted by Gasteiger charge is -2.25. The molecule has 2 rings (SSSR count). The summed E-state index contributed by atoms with van der Waals surface area (Å²) in [7, 11) is -3.58. The maximum Gasteiger partial charge on any atom is 0.318 e. The zero-order valence-corrected chi connectivity index (χ0v) is 16.9. The van der Waals surface area contributed by atoms with E-state index >= 15 is 0 Å². The molecule has 142 valence electrons. The predicted molar refractivity (Wildman–Crippen MR) is 106 cm³/mol. The molecule has 26 heavy (non-hydrogen) atoms. The summed E-state index contributed by atoms with van der Waals surface area (Å²) in [6.07, 6.45) is 0. The summed E-state index contributed by atoms with van der Waals surface area (Å²) in [5.41, 5.74) is 2.39. The summed E-state index contributed by atoms with van der Waals surface area (Å²) in [4.78, 5) is 15.1. The monoisotopic (exact) mass is 395 g/mol. The molecule has 0 unspecified atom stereocenters. The van der Waals surface area contributed by atoms with Crippen LogP contribution in [0.15, 0.2) is 36.4 Å². The Labute approximate surface area is 159 Å². The molecule has 0 spiro atoms. The Bertz CT molecular complexity index is 839. The molecule has 5 nitrogen and oxygen atoms in total. The van der Waals surface area contributed by atoms with Crippen LogP contribution in [0.25, 0.3) is 10.4 Å². The largest absolute Gasteiger partial charge is 0.480 e. The van der Waals surface area contributed by atoms with Gasteiger partial charge in [0.15, 0.2) is 9.84 Å². The minimum absolute atomic E-state index is 0.145. The molecule has 0 atom stereocenters. The Morgan fingerprint density at radius 2 is 1.81 bits per heavy atom. The number of carbonyl (C=O) groups is 1. The molecular weight excluding hydrogens is 370 g/mol. The third-order valence-electron chi connectivity index (χ3n) is 4.12. The van der Waals surface area contributed by atoms with Crippen LogP contribution in [0.1, 0.15) is 24.3 Å². The van der Waals surface area contributed by atoms with Crippen molar-refractivity contribution < 1.29 is 18.3 Å². The van der Waals surface area contributed by atoms with E-state index in [4.69, 9.17) is 5.11 Å². The number of hydrogen-bond acceptors (Lipinski definition) is 5. The van der Waals surface area contributed by atoms with Crippen molar-refractivity contribution in [3.8, 4) is 10.4 Å². The number of thiophene rings is 1. The number of nitrogens with zero attached hydrogens (tertiary/aromatic N) is 1. The van der Waals surface area contributed by atoms with Crippen molar-refractivity contribution in [3.63, 3.8) is 0 Å². The molecule has 1 aromatic carbocycles. The van der Waals surface area contributed by atoms with E-state index in [0.29, 0.717) is 13.1 Å². The molecule has 0 aliphatic rings. The standard InChI is InChI=1S/C19H25NO4S2/c1-14(2)20(10-11-26(23,24)13-19(21)22)12-17-8-9-18(25-17)16-6-4-15(3)5-7-16/h4-9,14H,10-13H2,1-3H3,(H,21,22). The molecule has 0 bridgehead atoms. The molecule has 0 radical (unpaired) electrons. The molecule has 0 amide bonds. The van der Waals surface area contributed by atoms with Crippen molar-refractivity contribution in [1.82, 2.24) is 4.90 Å². The second-order valence-corrected chi connectivity index (χ2v) is 10.0. The lowest BCUT2D eigenvalue weighted by molar-refractivity contribution is -0.134. The van der Waals surface area contributed by atoms with Crippen LogP contribution in [0.2, 0.25) is 0 Å². The second kappa shape index (κ2) is 8.79. The molecule has 1 N–H and O–H groups in total. The highest BCUT2D eigenvalue weighted by molar-refractivity contribution is 7.92. The number of benzene rings is 1. The number of rotatable bonds is 9. The molecule has 0 aliphatic carbocycles. The Morgan fingerprint density at radius 1 is 1.15 bits per heavy atom. The van der Waals surface area contributed by atoms with Crippen molar-refractivity contribution in [2.24, 2.45) is 0 Å². The van der Waals surface area contributed by atoms with Gasteiger partial charge < -0.3 is 5.11 Å². The molecule has 0 aliphatic heterocycles. The normalized spacial score (nSPS) is 12.0. The van der Waals surface area contributed by atoms with Crippen LogP contribution in [-0.2, 0) is 21.2 Å². The highest BCUT2D eigenvalue weighted by Gasteiger charge is 2.19. The Morgan fingerprint density at radius 3 is 2.38 bits per heavy atom. The number of carboxylic acids is 1. The lowest BCUT2D eigenvalue weighted by atomic mass is 10.1. The van der Waals surface area contributed by atoms with Crippen LogP contribution in [0.3, 0.4) is 0 Å². The molecule has 0 fully saturated rings. The molecule has 2 aromatic rings. The van der Waals surface area contributed by atoms with Gasteiger partial charge in [-0.15, -0.1) is 11.3 Å². The maximum atomic E-state index is 11.8. The summed E-state index contributed by atoms with van der Waals surface area (Å²) >= 11 is 1.70. The summed E-state index contributed by atoms with van der Waals surface area (Å²) in [5, 5.41) is 8.70. The van der Waals surface area contributed by atoms with Gasteiger partial charge in [0.1, 0.15) is 5.75 Å². The topological polar surface area (TPSA) is 74.7 Å². The van der Waals surface area contributed by atoms with E-state index < -0.39 is 21.6 Å². The van der Waals surface area contributed by atoms with Crippen molar-refractivity contribution in [3.05, 3.63) is 46.8 Å². The van der Waals surface area contributed by atoms with Gasteiger partial charge in [0.2, 0.25) is 0 Å². The predicted octanol–water partition coefficient (Wildman–Crippen LogP) is 3.43. The zero-order valence-electron chi connectivity index (χ0n) is 15.3. The first-order valence-electron chi connectivity index (χ1n) is 8.48. The fourth-order valence-corrected chi connectivity index (χ4v) is 4.64. The second-order valence-electron chi connectivity index (χ2n) is 6.68. The van der Waals surface area contributed by atoms with Gasteiger partial charge in [-0.3, -0.25) is 9.69 Å². The SMILES string of the molecule is Cc1ccc(-c2ccc(CN(CCS(=O)(=O)CC(=O)O)C(C)C)s2)cc1. The van der Waals surface area contributed by atoms with Gasteiger partial charge in [0, 0.05) is 28.9 Å². The van der Waals surface area contributed by atoms with E-state index in [-0.39, 0.29) is 11.8 Å². The van der Waals surface area contributed by atoms with E-state index in [9.17, 15) is 13.2 Å². The minimum atomic E-state index is -3.58. The highest BCUT2D eigenvalue weighted by atomic mass is 32.2. The van der Waals surface area contributed by atoms with Crippen LogP contribution in [0.5, 0.6) is 0 Å². The lowest BCUT2D eigenvalue weighted by Crippen LogP contribution is -2.35. The van der Waals surface area contributed by atoms with Crippen molar-refractivity contribution >= 4 is 27.1 Å². The van der Waals surface area contributed by atoms with Gasteiger partial charge in [0.05, 0.1) is 5.75 Å². The van der Waals surface area contributed by atoms with Gasteiger partial charge in [-0.05, 0) is 38.5 Å². The zero-order chi connectivity index (χ0) is 19.3. The molecule has 0 saturated heterocycles. The first-order chi connectivity index (χ1) is 12.2. The molecule has 7 heteroatoms. The van der Waals surface area contributed by atoms with Crippen LogP contribution in [0, 0.1) is 6.92 Å². The average Bonchev–Trinajstić information content (AvgIpc) is 2.99. The molecule has 1 heterocycles. The van der Waals surface area contributed by atoms with Gasteiger partial charge >= 0.3 is 5.97 Å². The van der Waals surface area contributed by atoms with Crippen LogP contribution < -0.4 is 0 Å². The average molecular weight is 396 g/mol. The smallest absolute Gasteiger partial charge is 0.318 e. The number of hydrogen-bond donors (Lipinski definition) is 1. The number of carboxylic acid groups (broad SMARTS) is 1. The summed E-state index contributed by atoms with van der Waals surface area (Å²) in [5.74, 6) is -2.26. The van der Waals surface area contributed by atoms with Gasteiger partial charge in [-0.2, -0.15) is 0 Å². The van der Waals surface area contributed by atoms with Crippen molar-refractivity contribution in [2.75, 3.05) is 18.1 Å². The highest BCUT2D eigenvalue weighted by Crippen LogP contribution is 2.29. The van der Waals surface area contributed by atoms with E-state index in [0.717, 1.165) is 4.88 Å². The Balaban J connectivity index is 2.04. The van der Waals surface area contributed by atoms with Crippen LogP contribution in [-0.4, -0.2) is 48.5 Å². The summed E-state index contributed by atoms with van der Waals surface area (Å²) < 4.78 is 23.7. The summed E-state index contributed by atoms with van der Waals surface area (Å²) in [6, 6.07) is 12.7. The fourth-order valence-electron chi connectivity index (χ4n) is 2.57. The Kier molecular flexibility index (Phi) is 6.97. The molecule has 0 saturated carbocycles. The number of sulfone groups is 1.